The molecule has 0 spiro atoms. The van der Waals surface area contributed by atoms with Crippen LogP contribution in [-0.2, 0) is 6.54 Å². The van der Waals surface area contributed by atoms with Crippen LogP contribution in [0.2, 0.25) is 5.02 Å². The maximum atomic E-state index is 13.8. The lowest BCUT2D eigenvalue weighted by molar-refractivity contribution is 0.332. The van der Waals surface area contributed by atoms with Gasteiger partial charge in [0.25, 0.3) is 5.56 Å². The average Bonchev–Trinajstić information content (AvgIpc) is 3.26. The second-order valence-electron chi connectivity index (χ2n) is 9.62. The molecular weight excluding hydrogens is 448 g/mol. The van der Waals surface area contributed by atoms with Crippen molar-refractivity contribution in [2.75, 3.05) is 20.1 Å². The van der Waals surface area contributed by atoms with Crippen LogP contribution in [-0.4, -0.2) is 49.5 Å². The summed E-state index contributed by atoms with van der Waals surface area (Å²) in [5, 5.41) is 1.34. The fourth-order valence-electron chi connectivity index (χ4n) is 5.44. The topological polar surface area (TPSA) is 76.8 Å². The number of benzene rings is 1. The molecule has 1 aromatic carbocycles. The number of aromatic nitrogens is 5. The van der Waals surface area contributed by atoms with E-state index in [0.29, 0.717) is 51.9 Å². The van der Waals surface area contributed by atoms with E-state index in [0.717, 1.165) is 35.4 Å². The minimum Gasteiger partial charge on any atom is -0.306 e. The van der Waals surface area contributed by atoms with Gasteiger partial charge in [-0.15, -0.1) is 0 Å². The summed E-state index contributed by atoms with van der Waals surface area (Å²) in [6.07, 6.45) is 5.22. The van der Waals surface area contributed by atoms with E-state index in [9.17, 15) is 4.79 Å². The lowest BCUT2D eigenvalue weighted by Crippen LogP contribution is -2.27. The van der Waals surface area contributed by atoms with Gasteiger partial charge in [-0.3, -0.25) is 14.3 Å². The number of aryl methyl sites for hydroxylation is 2. The van der Waals surface area contributed by atoms with Crippen LogP contribution in [0, 0.1) is 31.6 Å². The van der Waals surface area contributed by atoms with E-state index in [4.69, 9.17) is 11.6 Å². The third-order valence-corrected chi connectivity index (χ3v) is 7.52. The molecular formula is C26H25ClN6O. The van der Waals surface area contributed by atoms with Crippen LogP contribution in [0.4, 0.5) is 0 Å². The Kier molecular flexibility index (Phi) is 5.00. The monoisotopic (exact) mass is 472 g/mol. The number of nitrogens with zero attached hydrogens (tertiary/aromatic N) is 6. The molecule has 2 atom stereocenters. The van der Waals surface area contributed by atoms with Crippen molar-refractivity contribution in [2.45, 2.75) is 20.4 Å². The molecule has 8 heteroatoms. The fourth-order valence-corrected chi connectivity index (χ4v) is 5.73. The lowest BCUT2D eigenvalue weighted by atomic mass is 10.0. The van der Waals surface area contributed by atoms with Gasteiger partial charge in [0.15, 0.2) is 0 Å². The van der Waals surface area contributed by atoms with Crippen LogP contribution in [0.25, 0.3) is 33.4 Å². The molecule has 0 N–H and O–H groups in total. The van der Waals surface area contributed by atoms with E-state index in [1.54, 1.807) is 18.6 Å². The smallest absolute Gasteiger partial charge is 0.260 e. The molecule has 6 rings (SSSR count). The first kappa shape index (κ1) is 21.4. The highest BCUT2D eigenvalue weighted by molar-refractivity contribution is 6.33. The van der Waals surface area contributed by atoms with Gasteiger partial charge in [-0.25, -0.2) is 15.0 Å². The first-order valence-corrected chi connectivity index (χ1v) is 11.9. The first-order chi connectivity index (χ1) is 16.4. The predicted octanol–water partition coefficient (Wildman–Crippen LogP) is 3.99. The molecule has 2 unspecified atom stereocenters. The van der Waals surface area contributed by atoms with Crippen molar-refractivity contribution >= 4 is 22.6 Å². The Balaban J connectivity index is 1.44. The van der Waals surface area contributed by atoms with E-state index in [-0.39, 0.29) is 5.56 Å². The van der Waals surface area contributed by atoms with Crippen LogP contribution in [0.3, 0.4) is 0 Å². The van der Waals surface area contributed by atoms with Crippen molar-refractivity contribution < 1.29 is 0 Å². The Morgan fingerprint density at radius 1 is 1.03 bits per heavy atom. The minimum absolute atomic E-state index is 0.0612. The van der Waals surface area contributed by atoms with Gasteiger partial charge >= 0.3 is 0 Å². The zero-order valence-corrected chi connectivity index (χ0v) is 20.1. The van der Waals surface area contributed by atoms with E-state index < -0.39 is 0 Å². The normalized spacial score (nSPS) is 21.7. The highest BCUT2D eigenvalue weighted by Crippen LogP contribution is 2.52. The van der Waals surface area contributed by atoms with Crippen LogP contribution in [0.5, 0.6) is 0 Å². The number of hydrogen-bond acceptors (Lipinski definition) is 6. The van der Waals surface area contributed by atoms with Crippen molar-refractivity contribution in [1.29, 1.82) is 0 Å². The Bertz CT molecular complexity index is 1490. The van der Waals surface area contributed by atoms with Crippen LogP contribution in [0.15, 0.2) is 47.7 Å². The Morgan fingerprint density at radius 3 is 2.56 bits per heavy atom. The van der Waals surface area contributed by atoms with Gasteiger partial charge in [0.1, 0.15) is 11.5 Å². The van der Waals surface area contributed by atoms with E-state index >= 15 is 0 Å². The Morgan fingerprint density at radius 2 is 1.82 bits per heavy atom. The number of likely N-dealkylation sites (tertiary alicyclic amines) is 1. The second kappa shape index (κ2) is 7.96. The number of halogens is 1. The third-order valence-electron chi connectivity index (χ3n) is 7.20. The molecule has 4 heterocycles. The molecule has 7 nitrogen and oxygen atoms in total. The molecule has 172 valence electrons. The standard InChI is InChI=1S/C26H25ClN6O/c1-14-8-28-10-24(30-14)16-4-5-18(23(27)7-16)19-6-17-9-29-15(2)31-25(17)33(26(19)34)13-22-20-11-32(3)12-21(20)22/h4-10,20-22H,11-13H2,1-3H3. The van der Waals surface area contributed by atoms with Crippen molar-refractivity contribution in [3.8, 4) is 22.4 Å². The summed E-state index contributed by atoms with van der Waals surface area (Å²) in [4.78, 5) is 33.9. The van der Waals surface area contributed by atoms with Gasteiger partial charge < -0.3 is 4.90 Å². The molecule has 0 bridgehead atoms. The molecule has 34 heavy (non-hydrogen) atoms. The summed E-state index contributed by atoms with van der Waals surface area (Å²) < 4.78 is 1.85. The van der Waals surface area contributed by atoms with Gasteiger partial charge in [-0.2, -0.15) is 0 Å². The molecule has 1 aliphatic heterocycles. The van der Waals surface area contributed by atoms with Crippen LogP contribution >= 0.6 is 11.6 Å². The zero-order valence-electron chi connectivity index (χ0n) is 19.4. The molecule has 0 radical (unpaired) electrons. The lowest BCUT2D eigenvalue weighted by Gasteiger charge is -2.16. The zero-order chi connectivity index (χ0) is 23.6. The predicted molar refractivity (Wildman–Crippen MR) is 133 cm³/mol. The average molecular weight is 473 g/mol. The molecule has 3 aromatic heterocycles. The molecule has 2 aliphatic rings. The summed E-state index contributed by atoms with van der Waals surface area (Å²) in [5.74, 6) is 2.50. The van der Waals surface area contributed by atoms with E-state index in [1.165, 1.54) is 0 Å². The summed E-state index contributed by atoms with van der Waals surface area (Å²) >= 11 is 6.73. The van der Waals surface area contributed by atoms with Crippen LogP contribution < -0.4 is 5.56 Å². The van der Waals surface area contributed by atoms with Crippen molar-refractivity contribution in [3.63, 3.8) is 0 Å². The second-order valence-corrected chi connectivity index (χ2v) is 10.0. The molecule has 0 amide bonds. The maximum absolute atomic E-state index is 13.8. The van der Waals surface area contributed by atoms with Gasteiger partial charge in [-0.05, 0) is 50.8 Å². The number of fused-ring (bicyclic) bond motifs is 2. The molecule has 4 aromatic rings. The largest absolute Gasteiger partial charge is 0.306 e. The highest BCUT2D eigenvalue weighted by Gasteiger charge is 2.54. The number of rotatable bonds is 4. The van der Waals surface area contributed by atoms with Crippen molar-refractivity contribution in [3.05, 3.63) is 69.8 Å². The highest BCUT2D eigenvalue weighted by atomic mass is 35.5. The quantitative estimate of drug-likeness (QED) is 0.447. The number of piperidine rings is 1. The minimum atomic E-state index is -0.0612. The van der Waals surface area contributed by atoms with Gasteiger partial charge in [-0.1, -0.05) is 23.7 Å². The third kappa shape index (κ3) is 3.60. The molecule has 1 aliphatic carbocycles. The molecule has 1 saturated heterocycles. The van der Waals surface area contributed by atoms with E-state index in [2.05, 4.69) is 31.9 Å². The maximum Gasteiger partial charge on any atom is 0.260 e. The fraction of sp³-hybridized carbons (Fsp3) is 0.346. The van der Waals surface area contributed by atoms with Crippen molar-refractivity contribution in [2.24, 2.45) is 17.8 Å². The Hall–Kier alpha value is -3.16. The molecule has 1 saturated carbocycles. The SMILES string of the molecule is Cc1cncc(-c2ccc(-c3cc4cnc(C)nc4n(CC4C5CN(C)CC54)c3=O)c(Cl)c2)n1. The van der Waals surface area contributed by atoms with Crippen molar-refractivity contribution in [1.82, 2.24) is 29.4 Å². The summed E-state index contributed by atoms with van der Waals surface area (Å²) in [6, 6.07) is 7.54. The first-order valence-electron chi connectivity index (χ1n) is 11.5. The van der Waals surface area contributed by atoms with Gasteiger partial charge in [0.2, 0.25) is 0 Å². The summed E-state index contributed by atoms with van der Waals surface area (Å²) in [5.41, 5.74) is 4.34. The molecule has 2 fully saturated rings. The Labute approximate surface area is 202 Å². The van der Waals surface area contributed by atoms with Gasteiger partial charge in [0, 0.05) is 59.1 Å². The summed E-state index contributed by atoms with van der Waals surface area (Å²) in [6.45, 7) is 6.64. The number of hydrogen-bond donors (Lipinski definition) is 0. The van der Waals surface area contributed by atoms with Gasteiger partial charge in [0.05, 0.1) is 17.6 Å². The number of pyridine rings is 1. The van der Waals surface area contributed by atoms with E-state index in [1.807, 2.05) is 42.7 Å². The van der Waals surface area contributed by atoms with Crippen LogP contribution in [0.1, 0.15) is 11.5 Å². The summed E-state index contributed by atoms with van der Waals surface area (Å²) in [7, 11) is 2.16.